The van der Waals surface area contributed by atoms with Gasteiger partial charge in [0.05, 0.1) is 12.0 Å². The summed E-state index contributed by atoms with van der Waals surface area (Å²) < 4.78 is 0. The summed E-state index contributed by atoms with van der Waals surface area (Å²) in [6.45, 7) is 2.16. The summed E-state index contributed by atoms with van der Waals surface area (Å²) in [6, 6.07) is 3.99. The van der Waals surface area contributed by atoms with Crippen molar-refractivity contribution in [2.75, 3.05) is 6.54 Å². The minimum absolute atomic E-state index is 0.150. The third-order valence-electron chi connectivity index (χ3n) is 1.77. The van der Waals surface area contributed by atoms with Gasteiger partial charge in [0.2, 0.25) is 5.91 Å². The number of hydrogen-bond donors (Lipinski definition) is 1. The van der Waals surface area contributed by atoms with Crippen molar-refractivity contribution in [2.45, 2.75) is 6.92 Å². The lowest BCUT2D eigenvalue weighted by atomic mass is 10.2. The Kier molecular flexibility index (Phi) is 4.58. The average molecular weight is 220 g/mol. The van der Waals surface area contributed by atoms with Gasteiger partial charge in [0.15, 0.2) is 0 Å². The zero-order chi connectivity index (χ0) is 11.1. The molecule has 0 aliphatic rings. The van der Waals surface area contributed by atoms with Crippen LogP contribution in [0.3, 0.4) is 0 Å². The number of thiophene rings is 1. The van der Waals surface area contributed by atoms with Crippen LogP contribution in [-0.2, 0) is 4.79 Å². The van der Waals surface area contributed by atoms with E-state index in [9.17, 15) is 4.79 Å². The van der Waals surface area contributed by atoms with Crippen LogP contribution in [0.4, 0.5) is 0 Å². The summed E-state index contributed by atoms with van der Waals surface area (Å²) in [5.41, 5.74) is 1.02. The second-order valence-electron chi connectivity index (χ2n) is 3.17. The largest absolute Gasteiger partial charge is 0.351 e. The molecule has 15 heavy (non-hydrogen) atoms. The fraction of sp³-hybridized carbons (Fsp3) is 0.273. The molecule has 0 saturated carbocycles. The van der Waals surface area contributed by atoms with Gasteiger partial charge >= 0.3 is 0 Å². The summed E-state index contributed by atoms with van der Waals surface area (Å²) in [5.74, 6) is -0.313. The predicted octanol–water partition coefficient (Wildman–Crippen LogP) is 2.04. The Morgan fingerprint density at radius 2 is 2.60 bits per heavy atom. The molecule has 1 atom stereocenters. The number of nitrogens with one attached hydrogen (secondary N) is 1. The first-order valence-electron chi connectivity index (χ1n) is 4.60. The van der Waals surface area contributed by atoms with E-state index >= 15 is 0 Å². The Morgan fingerprint density at radius 1 is 1.80 bits per heavy atom. The van der Waals surface area contributed by atoms with Gasteiger partial charge in [-0.1, -0.05) is 0 Å². The SMILES string of the molecule is CC(C#N)CNC(=O)/C=C/c1ccsc1. The average Bonchev–Trinajstić information content (AvgIpc) is 2.75. The topological polar surface area (TPSA) is 52.9 Å². The van der Waals surface area contributed by atoms with Crippen LogP contribution in [0.25, 0.3) is 6.08 Å². The molecular weight excluding hydrogens is 208 g/mol. The van der Waals surface area contributed by atoms with Crippen LogP contribution >= 0.6 is 11.3 Å². The number of amides is 1. The van der Waals surface area contributed by atoms with Crippen molar-refractivity contribution in [3.8, 4) is 6.07 Å². The van der Waals surface area contributed by atoms with E-state index in [1.54, 1.807) is 24.3 Å². The first-order valence-corrected chi connectivity index (χ1v) is 5.54. The normalized spacial score (nSPS) is 12.3. The van der Waals surface area contributed by atoms with Crippen molar-refractivity contribution in [1.82, 2.24) is 5.32 Å². The third-order valence-corrected chi connectivity index (χ3v) is 2.47. The Labute approximate surface area is 93.0 Å². The van der Waals surface area contributed by atoms with Gasteiger partial charge < -0.3 is 5.32 Å². The van der Waals surface area contributed by atoms with Gasteiger partial charge in [-0.3, -0.25) is 4.79 Å². The Hall–Kier alpha value is -1.60. The van der Waals surface area contributed by atoms with Gasteiger partial charge in [-0.2, -0.15) is 16.6 Å². The van der Waals surface area contributed by atoms with Crippen molar-refractivity contribution >= 4 is 23.3 Å². The molecule has 78 valence electrons. The monoisotopic (exact) mass is 220 g/mol. The number of rotatable bonds is 4. The highest BCUT2D eigenvalue weighted by Crippen LogP contribution is 2.07. The summed E-state index contributed by atoms with van der Waals surface area (Å²) in [5, 5.41) is 15.1. The van der Waals surface area contributed by atoms with E-state index in [1.807, 2.05) is 16.8 Å². The lowest BCUT2D eigenvalue weighted by Crippen LogP contribution is -2.25. The maximum atomic E-state index is 11.3. The predicted molar refractivity (Wildman–Crippen MR) is 61.1 cm³/mol. The third kappa shape index (κ3) is 4.43. The smallest absolute Gasteiger partial charge is 0.244 e. The molecule has 0 aromatic carbocycles. The molecule has 1 aromatic rings. The van der Waals surface area contributed by atoms with Crippen LogP contribution in [0.1, 0.15) is 12.5 Å². The molecule has 0 fully saturated rings. The number of nitrogens with zero attached hydrogens (tertiary/aromatic N) is 1. The number of carbonyl (C=O) groups excluding carboxylic acids is 1. The van der Waals surface area contributed by atoms with Gasteiger partial charge in [-0.05, 0) is 35.4 Å². The molecule has 1 unspecified atom stereocenters. The van der Waals surface area contributed by atoms with Gasteiger partial charge in [0, 0.05) is 12.6 Å². The minimum atomic E-state index is -0.164. The molecule has 1 heterocycles. The van der Waals surface area contributed by atoms with Crippen molar-refractivity contribution < 1.29 is 4.79 Å². The van der Waals surface area contributed by atoms with E-state index in [2.05, 4.69) is 11.4 Å². The van der Waals surface area contributed by atoms with E-state index in [-0.39, 0.29) is 11.8 Å². The zero-order valence-electron chi connectivity index (χ0n) is 8.43. The standard InChI is InChI=1S/C11H12N2OS/c1-9(6-12)7-13-11(14)3-2-10-4-5-15-8-10/h2-5,8-9H,7H2,1H3,(H,13,14)/b3-2+. The van der Waals surface area contributed by atoms with Crippen molar-refractivity contribution in [2.24, 2.45) is 5.92 Å². The van der Waals surface area contributed by atoms with Gasteiger partial charge in [-0.15, -0.1) is 0 Å². The summed E-state index contributed by atoms with van der Waals surface area (Å²) in [6.07, 6.45) is 3.23. The quantitative estimate of drug-likeness (QED) is 0.789. The lowest BCUT2D eigenvalue weighted by molar-refractivity contribution is -0.116. The van der Waals surface area contributed by atoms with Gasteiger partial charge in [0.25, 0.3) is 0 Å². The molecule has 4 heteroatoms. The van der Waals surface area contributed by atoms with Gasteiger partial charge in [0.1, 0.15) is 0 Å². The lowest BCUT2D eigenvalue weighted by Gasteiger charge is -2.01. The molecule has 1 amide bonds. The van der Waals surface area contributed by atoms with E-state index in [4.69, 9.17) is 5.26 Å². The van der Waals surface area contributed by atoms with Crippen molar-refractivity contribution in [1.29, 1.82) is 5.26 Å². The maximum absolute atomic E-state index is 11.3. The van der Waals surface area contributed by atoms with Crippen LogP contribution in [0.5, 0.6) is 0 Å². The maximum Gasteiger partial charge on any atom is 0.244 e. The van der Waals surface area contributed by atoms with Crippen molar-refractivity contribution in [3.05, 3.63) is 28.5 Å². The molecule has 0 radical (unpaired) electrons. The Morgan fingerprint density at radius 3 is 3.20 bits per heavy atom. The zero-order valence-corrected chi connectivity index (χ0v) is 9.25. The minimum Gasteiger partial charge on any atom is -0.351 e. The second kappa shape index (κ2) is 5.99. The number of hydrogen-bond acceptors (Lipinski definition) is 3. The van der Waals surface area contributed by atoms with Gasteiger partial charge in [-0.25, -0.2) is 0 Å². The first-order chi connectivity index (χ1) is 7.22. The second-order valence-corrected chi connectivity index (χ2v) is 3.95. The van der Waals surface area contributed by atoms with Crippen LogP contribution in [-0.4, -0.2) is 12.5 Å². The Bertz CT molecular complexity index is 376. The summed E-state index contributed by atoms with van der Waals surface area (Å²) in [4.78, 5) is 11.3. The molecule has 3 nitrogen and oxygen atoms in total. The molecule has 0 bridgehead atoms. The van der Waals surface area contributed by atoms with Crippen LogP contribution in [0.2, 0.25) is 0 Å². The molecule has 1 aromatic heterocycles. The summed E-state index contributed by atoms with van der Waals surface area (Å²) >= 11 is 1.59. The van der Waals surface area contributed by atoms with Crippen molar-refractivity contribution in [3.63, 3.8) is 0 Å². The molecular formula is C11H12N2OS. The fourth-order valence-corrected chi connectivity index (χ4v) is 1.53. The number of nitriles is 1. The highest BCUT2D eigenvalue weighted by Gasteiger charge is 2.00. The molecule has 0 aliphatic carbocycles. The van der Waals surface area contributed by atoms with E-state index in [1.165, 1.54) is 6.08 Å². The highest BCUT2D eigenvalue weighted by molar-refractivity contribution is 7.08. The highest BCUT2D eigenvalue weighted by atomic mass is 32.1. The Balaban J connectivity index is 2.34. The van der Waals surface area contributed by atoms with Crippen LogP contribution < -0.4 is 5.32 Å². The van der Waals surface area contributed by atoms with E-state index in [0.29, 0.717) is 6.54 Å². The van der Waals surface area contributed by atoms with Crippen LogP contribution in [0.15, 0.2) is 22.9 Å². The van der Waals surface area contributed by atoms with Crippen LogP contribution in [0, 0.1) is 17.2 Å². The van der Waals surface area contributed by atoms with E-state index < -0.39 is 0 Å². The molecule has 0 saturated heterocycles. The molecule has 0 spiro atoms. The molecule has 1 rings (SSSR count). The molecule has 1 N–H and O–H groups in total. The fourth-order valence-electron chi connectivity index (χ4n) is 0.900. The first kappa shape index (κ1) is 11.5. The van der Waals surface area contributed by atoms with E-state index in [0.717, 1.165) is 5.56 Å². The number of carbonyl (C=O) groups is 1. The summed E-state index contributed by atoms with van der Waals surface area (Å²) in [7, 11) is 0. The molecule has 0 aliphatic heterocycles.